The number of carbonyl (C=O) groups is 1. The highest BCUT2D eigenvalue weighted by Crippen LogP contribution is 2.34. The fourth-order valence-electron chi connectivity index (χ4n) is 4.38. The van der Waals surface area contributed by atoms with E-state index in [0.29, 0.717) is 16.5 Å². The molecule has 2 aromatic heterocycles. The minimum atomic E-state index is -3.36. The van der Waals surface area contributed by atoms with Gasteiger partial charge in [-0.05, 0) is 70.6 Å². The summed E-state index contributed by atoms with van der Waals surface area (Å²) in [6.07, 6.45) is 6.25. The van der Waals surface area contributed by atoms with Crippen LogP contribution in [0, 0.1) is 0 Å². The SMILES string of the molecule is CC(C)c1cc(-c2cccc(/C=C(/c3ccc(S(C)(=O)=O)cc3)c3ncc(C(=O)O)s3)c2)c2ncccc2c1. The quantitative estimate of drug-likeness (QED) is 0.214. The number of carboxylic acid groups (broad SMARTS) is 1. The van der Waals surface area contributed by atoms with Gasteiger partial charge in [-0.3, -0.25) is 4.98 Å². The van der Waals surface area contributed by atoms with Crippen molar-refractivity contribution in [1.82, 2.24) is 9.97 Å². The minimum Gasteiger partial charge on any atom is -0.477 e. The van der Waals surface area contributed by atoms with E-state index in [1.54, 1.807) is 30.5 Å². The summed E-state index contributed by atoms with van der Waals surface area (Å²) in [6.45, 7) is 4.34. The standard InChI is InChI=1S/C31H26N2O4S2/c1-19(2)24-16-23-8-5-13-32-29(23)26(17-24)22-7-4-6-20(14-22)15-27(30-33-18-28(38-30)31(34)35)21-9-11-25(12-10-21)39(3,36)37/h4-19H,1-3H3,(H,34,35)/b27-15-. The maximum absolute atomic E-state index is 12.0. The van der Waals surface area contributed by atoms with Crippen molar-refractivity contribution in [2.24, 2.45) is 0 Å². The Balaban J connectivity index is 1.66. The van der Waals surface area contributed by atoms with E-state index < -0.39 is 15.8 Å². The molecule has 0 spiro atoms. The largest absolute Gasteiger partial charge is 0.477 e. The van der Waals surface area contributed by atoms with E-state index in [9.17, 15) is 18.3 Å². The molecular formula is C31H26N2O4S2. The van der Waals surface area contributed by atoms with Gasteiger partial charge in [0.25, 0.3) is 0 Å². The molecule has 0 saturated carbocycles. The van der Waals surface area contributed by atoms with Crippen LogP contribution in [0.1, 0.15) is 51.1 Å². The molecule has 0 saturated heterocycles. The first-order chi connectivity index (χ1) is 18.6. The van der Waals surface area contributed by atoms with Crippen LogP contribution in [0.2, 0.25) is 0 Å². The van der Waals surface area contributed by atoms with E-state index in [1.165, 1.54) is 11.8 Å². The topological polar surface area (TPSA) is 97.2 Å². The monoisotopic (exact) mass is 554 g/mol. The summed E-state index contributed by atoms with van der Waals surface area (Å²) in [4.78, 5) is 20.9. The lowest BCUT2D eigenvalue weighted by molar-refractivity contribution is 0.0702. The van der Waals surface area contributed by atoms with Crippen LogP contribution in [0.5, 0.6) is 0 Å². The Hall–Kier alpha value is -4.14. The summed E-state index contributed by atoms with van der Waals surface area (Å²) in [6, 6.07) is 23.0. The molecule has 0 radical (unpaired) electrons. The second-order valence-corrected chi connectivity index (χ2v) is 12.7. The smallest absolute Gasteiger partial charge is 0.347 e. The van der Waals surface area contributed by atoms with Gasteiger partial charge >= 0.3 is 5.97 Å². The second kappa shape index (κ2) is 10.6. The Labute approximate surface area is 231 Å². The van der Waals surface area contributed by atoms with Crippen molar-refractivity contribution in [2.75, 3.05) is 6.26 Å². The number of thiazole rings is 1. The van der Waals surface area contributed by atoms with Crippen LogP contribution in [0.4, 0.5) is 0 Å². The number of fused-ring (bicyclic) bond motifs is 1. The molecule has 196 valence electrons. The normalized spacial score (nSPS) is 12.3. The zero-order valence-corrected chi connectivity index (χ0v) is 23.3. The first kappa shape index (κ1) is 26.5. The van der Waals surface area contributed by atoms with Crippen LogP contribution in [0.15, 0.2) is 90.1 Å². The Kier molecular flexibility index (Phi) is 7.16. The molecule has 6 nitrogen and oxygen atoms in total. The molecule has 0 fully saturated rings. The van der Waals surface area contributed by atoms with Crippen molar-refractivity contribution in [2.45, 2.75) is 24.7 Å². The molecule has 0 aliphatic heterocycles. The highest BCUT2D eigenvalue weighted by atomic mass is 32.2. The number of carboxylic acids is 1. The van der Waals surface area contributed by atoms with Gasteiger partial charge in [0.1, 0.15) is 9.88 Å². The lowest BCUT2D eigenvalue weighted by atomic mass is 9.93. The van der Waals surface area contributed by atoms with Crippen LogP contribution in [0.25, 0.3) is 33.7 Å². The Morgan fingerprint density at radius 1 is 0.974 bits per heavy atom. The third kappa shape index (κ3) is 5.67. The number of pyridine rings is 1. The summed E-state index contributed by atoms with van der Waals surface area (Å²) in [5, 5.41) is 11.1. The maximum Gasteiger partial charge on any atom is 0.347 e. The Bertz CT molecular complexity index is 1840. The van der Waals surface area contributed by atoms with Crippen molar-refractivity contribution in [3.05, 3.63) is 112 Å². The molecule has 0 unspecified atom stereocenters. The summed E-state index contributed by atoms with van der Waals surface area (Å²) in [5.74, 6) is -0.691. The van der Waals surface area contributed by atoms with Crippen LogP contribution >= 0.6 is 11.3 Å². The molecule has 5 rings (SSSR count). The summed E-state index contributed by atoms with van der Waals surface area (Å²) >= 11 is 1.07. The lowest BCUT2D eigenvalue weighted by Crippen LogP contribution is -1.97. The average Bonchev–Trinajstić information content (AvgIpc) is 3.41. The van der Waals surface area contributed by atoms with Crippen molar-refractivity contribution < 1.29 is 18.3 Å². The van der Waals surface area contributed by atoms with E-state index >= 15 is 0 Å². The van der Waals surface area contributed by atoms with Gasteiger partial charge in [-0.25, -0.2) is 18.2 Å². The molecular weight excluding hydrogens is 528 g/mol. The lowest BCUT2D eigenvalue weighted by Gasteiger charge is -2.13. The Morgan fingerprint density at radius 2 is 1.74 bits per heavy atom. The van der Waals surface area contributed by atoms with Gasteiger partial charge < -0.3 is 5.11 Å². The molecule has 0 amide bonds. The van der Waals surface area contributed by atoms with E-state index in [-0.39, 0.29) is 9.77 Å². The number of rotatable bonds is 7. The van der Waals surface area contributed by atoms with Crippen LogP contribution in [-0.4, -0.2) is 35.7 Å². The molecule has 5 aromatic rings. The van der Waals surface area contributed by atoms with Crippen molar-refractivity contribution in [3.63, 3.8) is 0 Å². The van der Waals surface area contributed by atoms with E-state index in [0.717, 1.165) is 50.7 Å². The highest BCUT2D eigenvalue weighted by molar-refractivity contribution is 7.90. The van der Waals surface area contributed by atoms with E-state index in [4.69, 9.17) is 0 Å². The first-order valence-corrected chi connectivity index (χ1v) is 15.0. The molecule has 3 aromatic carbocycles. The fraction of sp³-hybridized carbons (Fsp3) is 0.129. The minimum absolute atomic E-state index is 0.125. The molecule has 0 atom stereocenters. The fourth-order valence-corrected chi connectivity index (χ4v) is 5.80. The Morgan fingerprint density at radius 3 is 2.41 bits per heavy atom. The number of benzene rings is 3. The maximum atomic E-state index is 12.0. The highest BCUT2D eigenvalue weighted by Gasteiger charge is 2.16. The van der Waals surface area contributed by atoms with Gasteiger partial charge in [0.15, 0.2) is 9.84 Å². The third-order valence-electron chi connectivity index (χ3n) is 6.44. The van der Waals surface area contributed by atoms with Crippen LogP contribution in [-0.2, 0) is 9.84 Å². The molecule has 0 aliphatic rings. The third-order valence-corrected chi connectivity index (χ3v) is 8.59. The summed E-state index contributed by atoms with van der Waals surface area (Å²) in [5.41, 5.74) is 6.51. The molecule has 2 heterocycles. The molecule has 39 heavy (non-hydrogen) atoms. The molecule has 0 aliphatic carbocycles. The van der Waals surface area contributed by atoms with Gasteiger partial charge in [0.05, 0.1) is 16.6 Å². The van der Waals surface area contributed by atoms with Gasteiger partial charge in [-0.1, -0.05) is 50.2 Å². The number of hydrogen-bond acceptors (Lipinski definition) is 6. The van der Waals surface area contributed by atoms with Crippen LogP contribution < -0.4 is 0 Å². The molecule has 0 bridgehead atoms. The number of aromatic carboxylic acids is 1. The van der Waals surface area contributed by atoms with Crippen molar-refractivity contribution >= 4 is 49.7 Å². The van der Waals surface area contributed by atoms with E-state index in [1.807, 2.05) is 24.3 Å². The zero-order chi connectivity index (χ0) is 27.7. The van der Waals surface area contributed by atoms with Gasteiger partial charge in [-0.2, -0.15) is 0 Å². The van der Waals surface area contributed by atoms with Crippen LogP contribution in [0.3, 0.4) is 0 Å². The first-order valence-electron chi connectivity index (χ1n) is 12.3. The zero-order valence-electron chi connectivity index (χ0n) is 21.6. The predicted octanol–water partition coefficient (Wildman–Crippen LogP) is 7.17. The van der Waals surface area contributed by atoms with Gasteiger partial charge in [-0.15, -0.1) is 11.3 Å². The number of hydrogen-bond donors (Lipinski definition) is 1. The average molecular weight is 555 g/mol. The predicted molar refractivity (Wildman–Crippen MR) is 157 cm³/mol. The summed E-state index contributed by atoms with van der Waals surface area (Å²) in [7, 11) is -3.36. The van der Waals surface area contributed by atoms with Crippen molar-refractivity contribution in [1.29, 1.82) is 0 Å². The summed E-state index contributed by atoms with van der Waals surface area (Å²) < 4.78 is 24.0. The van der Waals surface area contributed by atoms with Crippen molar-refractivity contribution in [3.8, 4) is 11.1 Å². The van der Waals surface area contributed by atoms with E-state index in [2.05, 4.69) is 54.1 Å². The number of sulfone groups is 1. The number of nitrogens with zero attached hydrogens (tertiary/aromatic N) is 2. The number of aromatic nitrogens is 2. The van der Waals surface area contributed by atoms with Gasteiger partial charge in [0.2, 0.25) is 0 Å². The second-order valence-electron chi connectivity index (χ2n) is 9.61. The molecule has 8 heteroatoms. The van der Waals surface area contributed by atoms with Gasteiger partial charge in [0, 0.05) is 29.0 Å². The molecule has 1 N–H and O–H groups in total.